The summed E-state index contributed by atoms with van der Waals surface area (Å²) in [6.07, 6.45) is 12.2. The van der Waals surface area contributed by atoms with E-state index < -0.39 is 0 Å². The fourth-order valence-corrected chi connectivity index (χ4v) is 5.61. The Balaban J connectivity index is 1.77. The van der Waals surface area contributed by atoms with Gasteiger partial charge in [-0.2, -0.15) is 11.8 Å². The van der Waals surface area contributed by atoms with Crippen molar-refractivity contribution in [3.8, 4) is 0 Å². The average Bonchev–Trinajstić information content (AvgIpc) is 2.83. The van der Waals surface area contributed by atoms with E-state index in [2.05, 4.69) is 30.9 Å². The fraction of sp³-hybridized carbons (Fsp3) is 1.00. The molecule has 0 bridgehead atoms. The van der Waals surface area contributed by atoms with Crippen molar-refractivity contribution in [2.24, 2.45) is 5.92 Å². The highest BCUT2D eigenvalue weighted by Crippen LogP contribution is 2.39. The molecule has 0 saturated heterocycles. The van der Waals surface area contributed by atoms with Crippen molar-refractivity contribution in [3.05, 3.63) is 0 Å². The predicted octanol–water partition coefficient (Wildman–Crippen LogP) is 3.97. The lowest BCUT2D eigenvalue weighted by atomic mass is 9.85. The van der Waals surface area contributed by atoms with Crippen molar-refractivity contribution in [2.75, 3.05) is 12.4 Å². The van der Waals surface area contributed by atoms with E-state index in [4.69, 9.17) is 0 Å². The molecule has 0 amide bonds. The topological polar surface area (TPSA) is 32.3 Å². The molecule has 0 aromatic heterocycles. The number of hydrogen-bond acceptors (Lipinski definition) is 3. The normalized spacial score (nSPS) is 32.1. The van der Waals surface area contributed by atoms with Gasteiger partial charge >= 0.3 is 0 Å². The highest BCUT2D eigenvalue weighted by Gasteiger charge is 2.42. The van der Waals surface area contributed by atoms with Gasteiger partial charge in [0.15, 0.2) is 0 Å². The Morgan fingerprint density at radius 2 is 1.90 bits per heavy atom. The third-order valence-electron chi connectivity index (χ3n) is 5.19. The molecule has 0 heterocycles. The molecule has 20 heavy (non-hydrogen) atoms. The first-order valence-corrected chi connectivity index (χ1v) is 9.71. The molecule has 2 nitrogen and oxygen atoms in total. The van der Waals surface area contributed by atoms with Crippen LogP contribution >= 0.6 is 11.8 Å². The Morgan fingerprint density at radius 1 is 1.15 bits per heavy atom. The molecule has 2 unspecified atom stereocenters. The molecule has 2 rings (SSSR count). The van der Waals surface area contributed by atoms with E-state index in [-0.39, 0.29) is 5.54 Å². The van der Waals surface area contributed by atoms with E-state index in [1.807, 2.05) is 0 Å². The van der Waals surface area contributed by atoms with Gasteiger partial charge in [-0.1, -0.05) is 39.5 Å². The van der Waals surface area contributed by atoms with E-state index in [0.29, 0.717) is 18.6 Å². The molecule has 2 aliphatic rings. The molecule has 2 atom stereocenters. The van der Waals surface area contributed by atoms with Crippen molar-refractivity contribution in [1.82, 2.24) is 5.32 Å². The Bertz CT molecular complexity index is 278. The van der Waals surface area contributed by atoms with Crippen molar-refractivity contribution < 1.29 is 5.11 Å². The minimum atomic E-state index is 0.0152. The van der Waals surface area contributed by atoms with Crippen LogP contribution in [0, 0.1) is 5.92 Å². The van der Waals surface area contributed by atoms with Gasteiger partial charge in [0.2, 0.25) is 0 Å². The maximum absolute atomic E-state index is 9.91. The van der Waals surface area contributed by atoms with Crippen LogP contribution in [0.25, 0.3) is 0 Å². The monoisotopic (exact) mass is 299 g/mol. The van der Waals surface area contributed by atoms with Crippen molar-refractivity contribution in [3.63, 3.8) is 0 Å². The Hall–Kier alpha value is 0.270. The summed E-state index contributed by atoms with van der Waals surface area (Å²) in [4.78, 5) is 0. The van der Waals surface area contributed by atoms with Crippen LogP contribution in [0.4, 0.5) is 0 Å². The van der Waals surface area contributed by atoms with E-state index >= 15 is 0 Å². The molecule has 0 radical (unpaired) electrons. The van der Waals surface area contributed by atoms with Crippen molar-refractivity contribution >= 4 is 11.8 Å². The summed E-state index contributed by atoms with van der Waals surface area (Å²) in [5.74, 6) is 1.96. The summed E-state index contributed by atoms with van der Waals surface area (Å²) in [7, 11) is 0. The van der Waals surface area contributed by atoms with Gasteiger partial charge in [0.25, 0.3) is 0 Å². The molecule has 0 aromatic carbocycles. The minimum Gasteiger partial charge on any atom is -0.394 e. The number of hydrogen-bond donors (Lipinski definition) is 2. The van der Waals surface area contributed by atoms with Gasteiger partial charge in [-0.15, -0.1) is 0 Å². The maximum Gasteiger partial charge on any atom is 0.0616 e. The fourth-order valence-electron chi connectivity index (χ4n) is 4.19. The summed E-state index contributed by atoms with van der Waals surface area (Å²) < 4.78 is 0. The second-order valence-corrected chi connectivity index (χ2v) is 8.53. The van der Waals surface area contributed by atoms with Gasteiger partial charge in [-0.05, 0) is 43.8 Å². The number of thioether (sulfide) groups is 1. The van der Waals surface area contributed by atoms with Crippen LogP contribution in [0.1, 0.15) is 71.6 Å². The zero-order chi connectivity index (χ0) is 14.4. The number of aliphatic hydroxyl groups is 1. The molecule has 2 aliphatic carbocycles. The third kappa shape index (κ3) is 4.38. The van der Waals surface area contributed by atoms with Crippen LogP contribution in [0.5, 0.6) is 0 Å². The molecule has 0 aromatic rings. The molecule has 3 heteroatoms. The SMILES string of the molecule is CC(C)NC1(CO)CCCC1CCSC1CCCCC1. The van der Waals surface area contributed by atoms with Gasteiger partial charge in [-0.25, -0.2) is 0 Å². The van der Waals surface area contributed by atoms with E-state index in [9.17, 15) is 5.11 Å². The Morgan fingerprint density at radius 3 is 2.55 bits per heavy atom. The Labute approximate surface area is 129 Å². The van der Waals surface area contributed by atoms with Crippen LogP contribution in [-0.2, 0) is 0 Å². The summed E-state index contributed by atoms with van der Waals surface area (Å²) in [5.41, 5.74) is 0.0152. The summed E-state index contributed by atoms with van der Waals surface area (Å²) in [6.45, 7) is 4.71. The average molecular weight is 300 g/mol. The molecule has 0 aliphatic heterocycles. The van der Waals surface area contributed by atoms with E-state index in [1.54, 1.807) is 0 Å². The lowest BCUT2D eigenvalue weighted by Crippen LogP contribution is -2.54. The van der Waals surface area contributed by atoms with Crippen LogP contribution in [0.15, 0.2) is 0 Å². The number of rotatable bonds is 7. The predicted molar refractivity (Wildman–Crippen MR) is 89.4 cm³/mol. The van der Waals surface area contributed by atoms with Crippen LogP contribution in [-0.4, -0.2) is 34.3 Å². The van der Waals surface area contributed by atoms with Crippen molar-refractivity contribution in [2.45, 2.75) is 88.5 Å². The summed E-state index contributed by atoms with van der Waals surface area (Å²) >= 11 is 2.20. The number of nitrogens with one attached hydrogen (secondary N) is 1. The van der Waals surface area contributed by atoms with Gasteiger partial charge < -0.3 is 10.4 Å². The smallest absolute Gasteiger partial charge is 0.0616 e. The molecule has 118 valence electrons. The first-order chi connectivity index (χ1) is 9.66. The summed E-state index contributed by atoms with van der Waals surface area (Å²) in [5, 5.41) is 14.5. The molecular weight excluding hydrogens is 266 g/mol. The van der Waals surface area contributed by atoms with Gasteiger partial charge in [0.1, 0.15) is 0 Å². The van der Waals surface area contributed by atoms with Crippen LogP contribution in [0.2, 0.25) is 0 Å². The van der Waals surface area contributed by atoms with E-state index in [0.717, 1.165) is 11.7 Å². The quantitative estimate of drug-likeness (QED) is 0.746. The molecular formula is C17H33NOS. The zero-order valence-electron chi connectivity index (χ0n) is 13.4. The second kappa shape index (κ2) is 8.05. The first kappa shape index (κ1) is 16.6. The third-order valence-corrected chi connectivity index (χ3v) is 6.60. The largest absolute Gasteiger partial charge is 0.394 e. The molecule has 2 N–H and O–H groups in total. The maximum atomic E-state index is 9.91. The molecule has 2 fully saturated rings. The van der Waals surface area contributed by atoms with Crippen molar-refractivity contribution in [1.29, 1.82) is 0 Å². The summed E-state index contributed by atoms with van der Waals surface area (Å²) in [6, 6.07) is 0.466. The first-order valence-electron chi connectivity index (χ1n) is 8.66. The zero-order valence-corrected chi connectivity index (χ0v) is 14.2. The van der Waals surface area contributed by atoms with E-state index in [1.165, 1.54) is 57.1 Å². The van der Waals surface area contributed by atoms with Gasteiger partial charge in [-0.3, -0.25) is 0 Å². The highest BCUT2D eigenvalue weighted by molar-refractivity contribution is 7.99. The van der Waals surface area contributed by atoms with Gasteiger partial charge in [0, 0.05) is 16.8 Å². The molecule has 2 saturated carbocycles. The molecule has 0 spiro atoms. The highest BCUT2D eigenvalue weighted by atomic mass is 32.2. The lowest BCUT2D eigenvalue weighted by Gasteiger charge is -2.37. The standard InChI is InChI=1S/C17H33NOS/c1-14(2)18-17(13-19)11-6-7-15(17)10-12-20-16-8-4-3-5-9-16/h14-16,18-19H,3-13H2,1-2H3. The minimum absolute atomic E-state index is 0.0152. The lowest BCUT2D eigenvalue weighted by molar-refractivity contribution is 0.113. The van der Waals surface area contributed by atoms with Crippen LogP contribution in [0.3, 0.4) is 0 Å². The number of aliphatic hydroxyl groups excluding tert-OH is 1. The second-order valence-electron chi connectivity index (χ2n) is 7.12. The Kier molecular flexibility index (Phi) is 6.70. The van der Waals surface area contributed by atoms with Crippen LogP contribution < -0.4 is 5.32 Å². The van der Waals surface area contributed by atoms with Gasteiger partial charge in [0.05, 0.1) is 6.61 Å².